The number of rotatable bonds is 8. The molecule has 8 heteroatoms. The van der Waals surface area contributed by atoms with E-state index < -0.39 is 10.0 Å². The molecule has 1 aromatic carbocycles. The molecular weight excluding hydrogens is 342 g/mol. The number of likely N-dealkylation sites (tertiary alicyclic amines) is 1. The summed E-state index contributed by atoms with van der Waals surface area (Å²) >= 11 is 0. The highest BCUT2D eigenvalue weighted by atomic mass is 32.2. The molecule has 0 radical (unpaired) electrons. The molecule has 1 atom stereocenters. The van der Waals surface area contributed by atoms with Crippen molar-refractivity contribution >= 4 is 15.9 Å². The second kappa shape index (κ2) is 8.16. The average Bonchev–Trinajstić information content (AvgIpc) is 2.99. The van der Waals surface area contributed by atoms with Crippen LogP contribution in [0.4, 0.5) is 0 Å². The molecule has 1 amide bonds. The zero-order valence-corrected chi connectivity index (χ0v) is 15.6. The first kappa shape index (κ1) is 19.7. The first-order valence-electron chi connectivity index (χ1n) is 8.50. The number of benzene rings is 1. The number of hydrogen-bond acceptors (Lipinski definition) is 5. The molecule has 1 fully saturated rings. The Labute approximate surface area is 149 Å². The number of amides is 1. The third-order valence-electron chi connectivity index (χ3n) is 4.48. The predicted octanol–water partition coefficient (Wildman–Crippen LogP) is 0.951. The number of ether oxygens (including phenoxy) is 1. The Morgan fingerprint density at radius 1 is 1.36 bits per heavy atom. The minimum absolute atomic E-state index is 0.0303. The molecule has 3 N–H and O–H groups in total. The first-order chi connectivity index (χ1) is 11.8. The van der Waals surface area contributed by atoms with Crippen molar-refractivity contribution in [2.75, 3.05) is 32.8 Å². The zero-order chi connectivity index (χ0) is 18.5. The molecule has 1 aliphatic rings. The minimum atomic E-state index is -3.63. The van der Waals surface area contributed by atoms with Crippen LogP contribution in [-0.2, 0) is 14.8 Å². The number of nitrogens with zero attached hydrogens (tertiary/aromatic N) is 1. The predicted molar refractivity (Wildman–Crippen MR) is 95.8 cm³/mol. The monoisotopic (exact) mass is 369 g/mol. The Bertz CT molecular complexity index is 690. The van der Waals surface area contributed by atoms with Crippen LogP contribution in [0.25, 0.3) is 0 Å². The van der Waals surface area contributed by atoms with Crippen molar-refractivity contribution < 1.29 is 17.9 Å². The van der Waals surface area contributed by atoms with Crippen LogP contribution in [-0.4, -0.2) is 52.0 Å². The highest BCUT2D eigenvalue weighted by Crippen LogP contribution is 2.28. The highest BCUT2D eigenvalue weighted by molar-refractivity contribution is 7.89. The molecule has 140 valence electrons. The molecule has 25 heavy (non-hydrogen) atoms. The molecule has 1 aromatic rings. The molecule has 0 aromatic heterocycles. The maximum absolute atomic E-state index is 12.3. The van der Waals surface area contributed by atoms with E-state index in [1.165, 1.54) is 12.1 Å². The Morgan fingerprint density at radius 3 is 2.60 bits per heavy atom. The molecule has 1 unspecified atom stereocenters. The number of carbonyl (C=O) groups is 1. The molecule has 0 aliphatic carbocycles. The molecule has 7 nitrogen and oxygen atoms in total. The second-order valence-electron chi connectivity index (χ2n) is 6.63. The van der Waals surface area contributed by atoms with Crippen molar-refractivity contribution in [2.24, 2.45) is 11.1 Å². The van der Waals surface area contributed by atoms with Crippen LogP contribution in [0.5, 0.6) is 5.75 Å². The maximum atomic E-state index is 12.3. The van der Waals surface area contributed by atoms with Gasteiger partial charge in [0.05, 0.1) is 11.5 Å². The molecule has 1 heterocycles. The van der Waals surface area contributed by atoms with Gasteiger partial charge in [-0.05, 0) is 49.6 Å². The van der Waals surface area contributed by atoms with Crippen molar-refractivity contribution in [2.45, 2.75) is 31.6 Å². The normalized spacial score (nSPS) is 20.7. The number of carbonyl (C=O) groups excluding carboxylic acids is 1. The van der Waals surface area contributed by atoms with E-state index in [9.17, 15) is 13.2 Å². The zero-order valence-electron chi connectivity index (χ0n) is 14.8. The third-order valence-corrected chi connectivity index (χ3v) is 5.96. The molecule has 0 saturated carbocycles. The summed E-state index contributed by atoms with van der Waals surface area (Å²) in [6.45, 7) is 6.37. The van der Waals surface area contributed by atoms with Gasteiger partial charge in [-0.15, -0.1) is 0 Å². The largest absolute Gasteiger partial charge is 0.494 e. The Morgan fingerprint density at radius 2 is 2.04 bits per heavy atom. The molecule has 1 aliphatic heterocycles. The summed E-state index contributed by atoms with van der Waals surface area (Å²) in [5.74, 6) is 0.570. The summed E-state index contributed by atoms with van der Waals surface area (Å²) < 4.78 is 32.3. The van der Waals surface area contributed by atoms with Crippen LogP contribution in [0, 0.1) is 5.41 Å². The standard InChI is InChI=1S/C17H27N3O4S/c1-3-24-14-4-6-15(7-5-14)25(22,23)19-10-8-16(21)20-11-9-17(2,12-18)13-20/h4-7,19H,3,8-13,18H2,1-2H3. The van der Waals surface area contributed by atoms with Crippen LogP contribution in [0.2, 0.25) is 0 Å². The topological polar surface area (TPSA) is 102 Å². The summed E-state index contributed by atoms with van der Waals surface area (Å²) in [6, 6.07) is 6.20. The summed E-state index contributed by atoms with van der Waals surface area (Å²) in [7, 11) is -3.63. The van der Waals surface area contributed by atoms with Gasteiger partial charge in [0.15, 0.2) is 0 Å². The molecule has 2 rings (SSSR count). The Kier molecular flexibility index (Phi) is 6.42. The van der Waals surface area contributed by atoms with E-state index in [0.717, 1.165) is 6.42 Å². The van der Waals surface area contributed by atoms with E-state index in [4.69, 9.17) is 10.5 Å². The van der Waals surface area contributed by atoms with E-state index in [2.05, 4.69) is 11.6 Å². The summed E-state index contributed by atoms with van der Waals surface area (Å²) in [6.07, 6.45) is 1.02. The SMILES string of the molecule is CCOc1ccc(S(=O)(=O)NCCC(=O)N2CCC(C)(CN)C2)cc1. The minimum Gasteiger partial charge on any atom is -0.494 e. The lowest BCUT2D eigenvalue weighted by Gasteiger charge is -2.22. The van der Waals surface area contributed by atoms with E-state index in [1.807, 2.05) is 6.92 Å². The van der Waals surface area contributed by atoms with Gasteiger partial charge >= 0.3 is 0 Å². The van der Waals surface area contributed by atoms with Gasteiger partial charge < -0.3 is 15.4 Å². The van der Waals surface area contributed by atoms with Gasteiger partial charge in [0.1, 0.15) is 5.75 Å². The molecule has 0 spiro atoms. The second-order valence-corrected chi connectivity index (χ2v) is 8.40. The number of hydrogen-bond donors (Lipinski definition) is 2. The fourth-order valence-electron chi connectivity index (χ4n) is 2.82. The number of nitrogens with one attached hydrogen (secondary N) is 1. The first-order valence-corrected chi connectivity index (χ1v) is 9.98. The van der Waals surface area contributed by atoms with Crippen LogP contribution in [0.3, 0.4) is 0 Å². The lowest BCUT2D eigenvalue weighted by Crippen LogP contribution is -2.36. The van der Waals surface area contributed by atoms with E-state index >= 15 is 0 Å². The van der Waals surface area contributed by atoms with Crippen LogP contribution in [0.1, 0.15) is 26.7 Å². The quantitative estimate of drug-likeness (QED) is 0.710. The fourth-order valence-corrected chi connectivity index (χ4v) is 3.85. The average molecular weight is 369 g/mol. The van der Waals surface area contributed by atoms with E-state index in [1.54, 1.807) is 17.0 Å². The number of sulfonamides is 1. The summed E-state index contributed by atoms with van der Waals surface area (Å²) in [5.41, 5.74) is 5.71. The molecular formula is C17H27N3O4S. The lowest BCUT2D eigenvalue weighted by atomic mass is 9.90. The smallest absolute Gasteiger partial charge is 0.240 e. The summed E-state index contributed by atoms with van der Waals surface area (Å²) in [4.78, 5) is 14.1. The Hall–Kier alpha value is -1.64. The van der Waals surface area contributed by atoms with Crippen LogP contribution >= 0.6 is 0 Å². The third kappa shape index (κ3) is 5.17. The van der Waals surface area contributed by atoms with Crippen LogP contribution < -0.4 is 15.2 Å². The van der Waals surface area contributed by atoms with Crippen molar-refractivity contribution in [3.8, 4) is 5.75 Å². The highest BCUT2D eigenvalue weighted by Gasteiger charge is 2.34. The van der Waals surface area contributed by atoms with E-state index in [-0.39, 0.29) is 29.2 Å². The van der Waals surface area contributed by atoms with Crippen LogP contribution in [0.15, 0.2) is 29.2 Å². The lowest BCUT2D eigenvalue weighted by molar-refractivity contribution is -0.130. The van der Waals surface area contributed by atoms with Gasteiger partial charge in [-0.2, -0.15) is 0 Å². The van der Waals surface area contributed by atoms with Gasteiger partial charge in [-0.1, -0.05) is 6.92 Å². The van der Waals surface area contributed by atoms with Gasteiger partial charge in [0.25, 0.3) is 0 Å². The van der Waals surface area contributed by atoms with E-state index in [0.29, 0.717) is 32.0 Å². The number of nitrogens with two attached hydrogens (primary N) is 1. The maximum Gasteiger partial charge on any atom is 0.240 e. The fraction of sp³-hybridized carbons (Fsp3) is 0.588. The van der Waals surface area contributed by atoms with Crippen molar-refractivity contribution in [3.63, 3.8) is 0 Å². The van der Waals surface area contributed by atoms with Crippen molar-refractivity contribution in [1.82, 2.24) is 9.62 Å². The van der Waals surface area contributed by atoms with Crippen molar-refractivity contribution in [3.05, 3.63) is 24.3 Å². The van der Waals surface area contributed by atoms with Gasteiger partial charge in [-0.3, -0.25) is 4.79 Å². The van der Waals surface area contributed by atoms with Gasteiger partial charge in [0.2, 0.25) is 15.9 Å². The molecule has 0 bridgehead atoms. The van der Waals surface area contributed by atoms with Gasteiger partial charge in [0, 0.05) is 26.1 Å². The summed E-state index contributed by atoms with van der Waals surface area (Å²) in [5, 5.41) is 0. The molecule has 1 saturated heterocycles. The van der Waals surface area contributed by atoms with Crippen molar-refractivity contribution in [1.29, 1.82) is 0 Å². The Balaban J connectivity index is 1.85. The van der Waals surface area contributed by atoms with Gasteiger partial charge in [-0.25, -0.2) is 13.1 Å².